The van der Waals surface area contributed by atoms with E-state index in [1.165, 1.54) is 56.4 Å². The van der Waals surface area contributed by atoms with Gasteiger partial charge in [-0.15, -0.1) is 0 Å². The number of halogens is 2. The minimum Gasteiger partial charge on any atom is -0.493 e. The third-order valence-electron chi connectivity index (χ3n) is 8.08. The number of ether oxygens (including phenoxy) is 2. The standard InChI is InChI=1S/C31H40F2O2/c1-3-5-22-6-10-24(11-7-22)25-14-16-27(17-15-25)35-21-23-8-12-26(13-9-23)28-18-19-29(34-20-4-2)31(33)30(28)32/h4,14-20,22-24,26H,3,5-13,21H2,1-2H3/b20-4+. The van der Waals surface area contributed by atoms with Crippen LogP contribution in [0.5, 0.6) is 11.5 Å². The Balaban J connectivity index is 1.23. The number of rotatable bonds is 9. The Morgan fingerprint density at radius 3 is 2.11 bits per heavy atom. The highest BCUT2D eigenvalue weighted by Crippen LogP contribution is 2.40. The van der Waals surface area contributed by atoms with E-state index < -0.39 is 11.6 Å². The van der Waals surface area contributed by atoms with Gasteiger partial charge in [-0.25, -0.2) is 4.39 Å². The lowest BCUT2D eigenvalue weighted by molar-refractivity contribution is 0.198. The van der Waals surface area contributed by atoms with Gasteiger partial charge in [-0.05, 0) is 111 Å². The molecule has 0 bridgehead atoms. The molecule has 35 heavy (non-hydrogen) atoms. The average Bonchev–Trinajstić information content (AvgIpc) is 2.90. The first-order valence-corrected chi connectivity index (χ1v) is 13.6. The minimum absolute atomic E-state index is 0.0446. The summed E-state index contributed by atoms with van der Waals surface area (Å²) in [6.45, 7) is 4.74. The maximum Gasteiger partial charge on any atom is 0.201 e. The van der Waals surface area contributed by atoms with Crippen molar-refractivity contribution in [3.63, 3.8) is 0 Å². The fourth-order valence-corrected chi connectivity index (χ4v) is 5.98. The summed E-state index contributed by atoms with van der Waals surface area (Å²) < 4.78 is 40.3. The molecule has 2 fully saturated rings. The third kappa shape index (κ3) is 6.65. The SMILES string of the molecule is C/C=C/Oc1ccc(C2CCC(COc3ccc(C4CCC(CCC)CC4)cc3)CC2)c(F)c1F. The summed E-state index contributed by atoms with van der Waals surface area (Å²) in [5.74, 6) is 1.31. The summed E-state index contributed by atoms with van der Waals surface area (Å²) in [5, 5.41) is 0. The summed E-state index contributed by atoms with van der Waals surface area (Å²) in [6, 6.07) is 11.9. The molecule has 2 aliphatic carbocycles. The Labute approximate surface area is 209 Å². The van der Waals surface area contributed by atoms with Crippen molar-refractivity contribution in [1.29, 1.82) is 0 Å². The number of benzene rings is 2. The van der Waals surface area contributed by atoms with Crippen molar-refractivity contribution in [2.45, 2.75) is 89.9 Å². The van der Waals surface area contributed by atoms with Crippen LogP contribution >= 0.6 is 0 Å². The van der Waals surface area contributed by atoms with E-state index in [-0.39, 0.29) is 11.7 Å². The van der Waals surface area contributed by atoms with E-state index in [4.69, 9.17) is 9.47 Å². The molecule has 0 unspecified atom stereocenters. The molecule has 2 aromatic rings. The molecule has 4 rings (SSSR count). The van der Waals surface area contributed by atoms with Gasteiger partial charge in [-0.3, -0.25) is 0 Å². The van der Waals surface area contributed by atoms with Gasteiger partial charge in [0.2, 0.25) is 5.82 Å². The molecule has 0 atom stereocenters. The van der Waals surface area contributed by atoms with Crippen LogP contribution in [-0.2, 0) is 0 Å². The van der Waals surface area contributed by atoms with Crippen molar-refractivity contribution in [2.75, 3.05) is 6.61 Å². The second kappa shape index (κ2) is 12.6. The molecule has 190 valence electrons. The lowest BCUT2D eigenvalue weighted by Crippen LogP contribution is -2.20. The topological polar surface area (TPSA) is 18.5 Å². The zero-order chi connectivity index (χ0) is 24.6. The first kappa shape index (κ1) is 25.7. The molecule has 0 radical (unpaired) electrons. The van der Waals surface area contributed by atoms with Crippen LogP contribution in [-0.4, -0.2) is 6.61 Å². The van der Waals surface area contributed by atoms with E-state index in [0.29, 0.717) is 24.0 Å². The maximum atomic E-state index is 14.7. The predicted octanol–water partition coefficient (Wildman–Crippen LogP) is 9.30. The van der Waals surface area contributed by atoms with Gasteiger partial charge in [0.05, 0.1) is 12.9 Å². The largest absolute Gasteiger partial charge is 0.493 e. The lowest BCUT2D eigenvalue weighted by atomic mass is 9.77. The Morgan fingerprint density at radius 1 is 0.800 bits per heavy atom. The summed E-state index contributed by atoms with van der Waals surface area (Å²) in [5.41, 5.74) is 1.92. The zero-order valence-corrected chi connectivity index (χ0v) is 21.3. The highest BCUT2D eigenvalue weighted by atomic mass is 19.2. The molecule has 0 aliphatic heterocycles. The van der Waals surface area contributed by atoms with Gasteiger partial charge in [-0.1, -0.05) is 44.0 Å². The quantitative estimate of drug-likeness (QED) is 0.332. The zero-order valence-electron chi connectivity index (χ0n) is 21.3. The van der Waals surface area contributed by atoms with E-state index in [1.807, 2.05) is 0 Å². The molecule has 2 aliphatic rings. The third-order valence-corrected chi connectivity index (χ3v) is 8.08. The summed E-state index contributed by atoms with van der Waals surface area (Å²) in [7, 11) is 0. The molecule has 4 heteroatoms. The molecule has 2 aromatic carbocycles. The van der Waals surface area contributed by atoms with Gasteiger partial charge in [-0.2, -0.15) is 4.39 Å². The molecule has 2 nitrogen and oxygen atoms in total. The van der Waals surface area contributed by atoms with Crippen LogP contribution in [0, 0.1) is 23.5 Å². The van der Waals surface area contributed by atoms with E-state index in [1.54, 1.807) is 19.1 Å². The van der Waals surface area contributed by atoms with Crippen LogP contribution in [0.4, 0.5) is 8.78 Å². The molecular weight excluding hydrogens is 442 g/mol. The highest BCUT2D eigenvalue weighted by molar-refractivity contribution is 5.34. The molecule has 0 spiro atoms. The van der Waals surface area contributed by atoms with E-state index in [2.05, 4.69) is 31.2 Å². The van der Waals surface area contributed by atoms with E-state index in [0.717, 1.165) is 37.4 Å². The molecule has 2 saturated carbocycles. The molecule has 0 saturated heterocycles. The van der Waals surface area contributed by atoms with E-state index in [9.17, 15) is 8.78 Å². The van der Waals surface area contributed by atoms with Crippen molar-refractivity contribution in [2.24, 2.45) is 11.8 Å². The number of hydrogen-bond acceptors (Lipinski definition) is 2. The first-order valence-electron chi connectivity index (χ1n) is 13.6. The Kier molecular flexibility index (Phi) is 9.23. The van der Waals surface area contributed by atoms with Gasteiger partial charge >= 0.3 is 0 Å². The minimum atomic E-state index is -0.900. The first-order chi connectivity index (χ1) is 17.1. The van der Waals surface area contributed by atoms with Crippen LogP contribution < -0.4 is 9.47 Å². The second-order valence-corrected chi connectivity index (χ2v) is 10.5. The van der Waals surface area contributed by atoms with Gasteiger partial charge in [0.15, 0.2) is 11.6 Å². The molecular formula is C31H40F2O2. The van der Waals surface area contributed by atoms with Crippen LogP contribution in [0.2, 0.25) is 0 Å². The summed E-state index contributed by atoms with van der Waals surface area (Å²) in [6.07, 6.45) is 14.6. The monoisotopic (exact) mass is 482 g/mol. The predicted molar refractivity (Wildman–Crippen MR) is 138 cm³/mol. The Hall–Kier alpha value is -2.36. The Bertz CT molecular complexity index is 953. The normalized spacial score (nSPS) is 25.0. The molecule has 0 aromatic heterocycles. The van der Waals surface area contributed by atoms with Crippen molar-refractivity contribution >= 4 is 0 Å². The lowest BCUT2D eigenvalue weighted by Gasteiger charge is -2.29. The van der Waals surface area contributed by atoms with Crippen molar-refractivity contribution in [3.8, 4) is 11.5 Å². The van der Waals surface area contributed by atoms with E-state index >= 15 is 0 Å². The second-order valence-electron chi connectivity index (χ2n) is 10.5. The average molecular weight is 483 g/mol. The van der Waals surface area contributed by atoms with Crippen LogP contribution in [0.15, 0.2) is 48.7 Å². The number of allylic oxidation sites excluding steroid dienone is 1. The van der Waals surface area contributed by atoms with Crippen LogP contribution in [0.25, 0.3) is 0 Å². The Morgan fingerprint density at radius 2 is 1.46 bits per heavy atom. The number of hydrogen-bond donors (Lipinski definition) is 0. The fraction of sp³-hybridized carbons (Fsp3) is 0.548. The molecule has 0 heterocycles. The van der Waals surface area contributed by atoms with Gasteiger partial charge in [0.1, 0.15) is 5.75 Å². The van der Waals surface area contributed by atoms with Gasteiger partial charge in [0.25, 0.3) is 0 Å². The summed E-state index contributed by atoms with van der Waals surface area (Å²) >= 11 is 0. The van der Waals surface area contributed by atoms with Crippen molar-refractivity contribution < 1.29 is 18.3 Å². The molecule has 0 amide bonds. The maximum absolute atomic E-state index is 14.7. The fourth-order valence-electron chi connectivity index (χ4n) is 5.98. The van der Waals surface area contributed by atoms with Crippen LogP contribution in [0.3, 0.4) is 0 Å². The van der Waals surface area contributed by atoms with Crippen molar-refractivity contribution in [3.05, 3.63) is 71.5 Å². The molecule has 0 N–H and O–H groups in total. The van der Waals surface area contributed by atoms with Crippen LogP contribution in [0.1, 0.15) is 101 Å². The smallest absolute Gasteiger partial charge is 0.201 e. The van der Waals surface area contributed by atoms with Gasteiger partial charge < -0.3 is 9.47 Å². The van der Waals surface area contributed by atoms with Gasteiger partial charge in [0, 0.05) is 0 Å². The highest BCUT2D eigenvalue weighted by Gasteiger charge is 2.27. The van der Waals surface area contributed by atoms with Crippen molar-refractivity contribution in [1.82, 2.24) is 0 Å². The summed E-state index contributed by atoms with van der Waals surface area (Å²) in [4.78, 5) is 0.